The Balaban J connectivity index is 1.79. The molecular formula is C18H19ClN2O3. The predicted molar refractivity (Wildman–Crippen MR) is 92.5 cm³/mol. The summed E-state index contributed by atoms with van der Waals surface area (Å²) in [6.07, 6.45) is 1.81. The minimum Gasteiger partial charge on any atom is -0.468 e. The number of pyridine rings is 1. The minimum atomic E-state index is -0.571. The molecule has 1 aromatic carbocycles. The zero-order valence-electron chi connectivity index (χ0n) is 13.7. The Morgan fingerprint density at radius 3 is 3.12 bits per heavy atom. The molecule has 2 aliphatic rings. The number of benzene rings is 1. The molecule has 0 spiro atoms. The van der Waals surface area contributed by atoms with Gasteiger partial charge in [-0.15, -0.1) is 0 Å². The minimum absolute atomic E-state index is 0.147. The SMILES string of the molecule is COC(=O)[C@@]12COC[C@@H]1CN(c1ccnc3c(C)cc(Cl)cc13)C2. The molecule has 2 saturated heterocycles. The van der Waals surface area contributed by atoms with Crippen molar-refractivity contribution in [1.29, 1.82) is 0 Å². The van der Waals surface area contributed by atoms with Gasteiger partial charge in [-0.1, -0.05) is 11.6 Å². The number of rotatable bonds is 2. The number of anilines is 1. The molecule has 3 heterocycles. The topological polar surface area (TPSA) is 51.7 Å². The van der Waals surface area contributed by atoms with Crippen molar-refractivity contribution in [2.24, 2.45) is 11.3 Å². The van der Waals surface area contributed by atoms with Gasteiger partial charge in [-0.3, -0.25) is 9.78 Å². The third-order valence-electron chi connectivity index (χ3n) is 5.28. The number of fused-ring (bicyclic) bond motifs is 2. The lowest BCUT2D eigenvalue weighted by Crippen LogP contribution is -2.40. The lowest BCUT2D eigenvalue weighted by molar-refractivity contribution is -0.152. The molecule has 0 saturated carbocycles. The maximum atomic E-state index is 12.4. The molecular weight excluding hydrogens is 328 g/mol. The fraction of sp³-hybridized carbons (Fsp3) is 0.444. The van der Waals surface area contributed by atoms with Crippen molar-refractivity contribution in [2.45, 2.75) is 6.92 Å². The first-order valence-electron chi connectivity index (χ1n) is 8.01. The average molecular weight is 347 g/mol. The van der Waals surface area contributed by atoms with E-state index in [2.05, 4.69) is 9.88 Å². The fourth-order valence-electron chi connectivity index (χ4n) is 4.06. The Kier molecular flexibility index (Phi) is 3.66. The number of methoxy groups -OCH3 is 1. The summed E-state index contributed by atoms with van der Waals surface area (Å²) in [5.41, 5.74) is 2.48. The number of nitrogens with zero attached hydrogens (tertiary/aromatic N) is 2. The quantitative estimate of drug-likeness (QED) is 0.783. The Morgan fingerprint density at radius 2 is 2.33 bits per heavy atom. The highest BCUT2D eigenvalue weighted by atomic mass is 35.5. The van der Waals surface area contributed by atoms with Crippen LogP contribution < -0.4 is 4.90 Å². The second kappa shape index (κ2) is 5.60. The van der Waals surface area contributed by atoms with Gasteiger partial charge in [0.15, 0.2) is 0 Å². The third-order valence-corrected chi connectivity index (χ3v) is 5.50. The number of hydrogen-bond donors (Lipinski definition) is 0. The number of carbonyl (C=O) groups is 1. The molecule has 2 atom stereocenters. The lowest BCUT2D eigenvalue weighted by atomic mass is 9.81. The van der Waals surface area contributed by atoms with Gasteiger partial charge in [0, 0.05) is 41.3 Å². The first-order valence-corrected chi connectivity index (χ1v) is 8.39. The molecule has 24 heavy (non-hydrogen) atoms. The summed E-state index contributed by atoms with van der Waals surface area (Å²) < 4.78 is 10.7. The highest BCUT2D eigenvalue weighted by Gasteiger charge is 2.57. The van der Waals surface area contributed by atoms with E-state index in [1.54, 1.807) is 0 Å². The van der Waals surface area contributed by atoms with E-state index >= 15 is 0 Å². The van der Waals surface area contributed by atoms with Crippen molar-refractivity contribution in [3.8, 4) is 0 Å². The Labute approximate surface area is 145 Å². The van der Waals surface area contributed by atoms with Crippen LogP contribution in [0.2, 0.25) is 5.02 Å². The van der Waals surface area contributed by atoms with Crippen molar-refractivity contribution >= 4 is 34.2 Å². The maximum absolute atomic E-state index is 12.4. The zero-order valence-corrected chi connectivity index (χ0v) is 14.5. The number of aryl methyl sites for hydroxylation is 1. The van der Waals surface area contributed by atoms with Crippen LogP contribution in [0.3, 0.4) is 0 Å². The number of ether oxygens (including phenoxy) is 2. The highest BCUT2D eigenvalue weighted by Crippen LogP contribution is 2.45. The molecule has 5 nitrogen and oxygen atoms in total. The number of hydrogen-bond acceptors (Lipinski definition) is 5. The van der Waals surface area contributed by atoms with Gasteiger partial charge in [-0.25, -0.2) is 0 Å². The molecule has 2 aromatic rings. The second-order valence-corrected chi connectivity index (χ2v) is 7.13. The first-order chi connectivity index (χ1) is 11.5. The fourth-order valence-corrected chi connectivity index (χ4v) is 4.33. The maximum Gasteiger partial charge on any atom is 0.316 e. The van der Waals surface area contributed by atoms with Crippen LogP contribution in [0.25, 0.3) is 10.9 Å². The molecule has 4 rings (SSSR count). The van der Waals surface area contributed by atoms with Crippen molar-refractivity contribution < 1.29 is 14.3 Å². The summed E-state index contributed by atoms with van der Waals surface area (Å²) in [6, 6.07) is 5.86. The van der Waals surface area contributed by atoms with Crippen LogP contribution in [0.15, 0.2) is 24.4 Å². The van der Waals surface area contributed by atoms with Crippen LogP contribution >= 0.6 is 11.6 Å². The summed E-state index contributed by atoms with van der Waals surface area (Å²) in [5, 5.41) is 1.71. The van der Waals surface area contributed by atoms with Crippen LogP contribution in [0.1, 0.15) is 5.56 Å². The van der Waals surface area contributed by atoms with Crippen LogP contribution in [0.5, 0.6) is 0 Å². The molecule has 0 amide bonds. The van der Waals surface area contributed by atoms with Crippen LogP contribution in [-0.2, 0) is 14.3 Å². The van der Waals surface area contributed by atoms with E-state index in [9.17, 15) is 4.79 Å². The van der Waals surface area contributed by atoms with Gasteiger partial charge >= 0.3 is 5.97 Å². The molecule has 2 aliphatic heterocycles. The first kappa shape index (κ1) is 15.7. The number of aromatic nitrogens is 1. The van der Waals surface area contributed by atoms with Gasteiger partial charge in [0.2, 0.25) is 0 Å². The van der Waals surface area contributed by atoms with E-state index in [1.807, 2.05) is 31.3 Å². The summed E-state index contributed by atoms with van der Waals surface area (Å²) >= 11 is 6.26. The predicted octanol–water partition coefficient (Wildman–Crippen LogP) is 2.82. The van der Waals surface area contributed by atoms with E-state index in [1.165, 1.54) is 7.11 Å². The molecule has 0 bridgehead atoms. The second-order valence-electron chi connectivity index (χ2n) is 6.69. The van der Waals surface area contributed by atoms with Crippen molar-refractivity contribution in [2.75, 3.05) is 38.3 Å². The molecule has 0 aliphatic carbocycles. The van der Waals surface area contributed by atoms with Gasteiger partial charge in [0.25, 0.3) is 0 Å². The molecule has 0 N–H and O–H groups in total. The van der Waals surface area contributed by atoms with Crippen LogP contribution in [-0.4, -0.2) is 44.4 Å². The molecule has 1 aromatic heterocycles. The van der Waals surface area contributed by atoms with Gasteiger partial charge in [-0.2, -0.15) is 0 Å². The van der Waals surface area contributed by atoms with E-state index in [0.717, 1.165) is 28.7 Å². The average Bonchev–Trinajstić information content (AvgIpc) is 3.11. The zero-order chi connectivity index (χ0) is 16.9. The summed E-state index contributed by atoms with van der Waals surface area (Å²) in [6.45, 7) is 4.38. The highest BCUT2D eigenvalue weighted by molar-refractivity contribution is 6.31. The van der Waals surface area contributed by atoms with E-state index in [0.29, 0.717) is 24.8 Å². The molecule has 2 fully saturated rings. The van der Waals surface area contributed by atoms with E-state index in [4.69, 9.17) is 21.1 Å². The van der Waals surface area contributed by atoms with Crippen molar-refractivity contribution in [3.05, 3.63) is 35.0 Å². The monoisotopic (exact) mass is 346 g/mol. The molecule has 6 heteroatoms. The van der Waals surface area contributed by atoms with Crippen LogP contribution in [0, 0.1) is 18.3 Å². The van der Waals surface area contributed by atoms with Gasteiger partial charge in [-0.05, 0) is 30.7 Å². The summed E-state index contributed by atoms with van der Waals surface area (Å²) in [5.74, 6) is -0.0338. The molecule has 126 valence electrons. The van der Waals surface area contributed by atoms with Crippen LogP contribution in [0.4, 0.5) is 5.69 Å². The lowest BCUT2D eigenvalue weighted by Gasteiger charge is -2.25. The molecule has 0 radical (unpaired) electrons. The number of esters is 1. The van der Waals surface area contributed by atoms with E-state index in [-0.39, 0.29) is 11.9 Å². The normalized spacial score (nSPS) is 26.0. The van der Waals surface area contributed by atoms with Crippen molar-refractivity contribution in [3.63, 3.8) is 0 Å². The van der Waals surface area contributed by atoms with Gasteiger partial charge < -0.3 is 14.4 Å². The van der Waals surface area contributed by atoms with Gasteiger partial charge in [0.05, 0.1) is 25.8 Å². The summed E-state index contributed by atoms with van der Waals surface area (Å²) in [4.78, 5) is 19.1. The smallest absolute Gasteiger partial charge is 0.316 e. The number of carbonyl (C=O) groups excluding carboxylic acids is 1. The third kappa shape index (κ3) is 2.19. The largest absolute Gasteiger partial charge is 0.468 e. The standard InChI is InChI=1S/C18H19ClN2O3/c1-11-5-13(19)6-14-15(3-4-20-16(11)14)21-7-12-8-24-10-18(12,9-21)17(22)23-2/h3-6,12H,7-10H2,1-2H3/t12-,18-/m0/s1. The van der Waals surface area contributed by atoms with Gasteiger partial charge in [0.1, 0.15) is 5.41 Å². The van der Waals surface area contributed by atoms with E-state index < -0.39 is 5.41 Å². The van der Waals surface area contributed by atoms with Crippen molar-refractivity contribution in [1.82, 2.24) is 4.98 Å². The Hall–Kier alpha value is -1.85. The number of halogens is 1. The Morgan fingerprint density at radius 1 is 1.50 bits per heavy atom. The molecule has 0 unspecified atom stereocenters. The Bertz CT molecular complexity index is 825. The summed E-state index contributed by atoms with van der Waals surface area (Å²) in [7, 11) is 1.44.